The second-order valence-corrected chi connectivity index (χ2v) is 7.02. The zero-order valence-corrected chi connectivity index (χ0v) is 18.7. The maximum atomic E-state index is 12.2. The van der Waals surface area contributed by atoms with Crippen LogP contribution in [0.1, 0.15) is 30.0 Å². The lowest BCUT2D eigenvalue weighted by Gasteiger charge is -2.12. The largest absolute Gasteiger partial charge is 0.493 e. The van der Waals surface area contributed by atoms with Crippen LogP contribution in [0.5, 0.6) is 11.5 Å². The Kier molecular flexibility index (Phi) is 9.22. The maximum Gasteiger partial charge on any atom is 0.329 e. The topological polar surface area (TPSA) is 118 Å². The number of carbonyl (C=O) groups excluding carboxylic acids is 3. The third-order valence-electron chi connectivity index (χ3n) is 4.32. The van der Waals surface area contributed by atoms with Crippen LogP contribution in [0.25, 0.3) is 0 Å². The number of amides is 3. The molecule has 0 saturated heterocycles. The molecule has 0 aliphatic rings. The van der Waals surface area contributed by atoms with Crippen LogP contribution in [0.2, 0.25) is 0 Å². The Morgan fingerprint density at radius 1 is 1.03 bits per heavy atom. The standard InChI is InChI=1S/C23H28N4O5/c1-5-10-24-22(29)23(30)27-25-13-17-7-9-19(20(12-17)31-4)32-14-21(28)26-18-8-6-15(2)11-16(18)3/h6-9,11-13H,5,10,14H2,1-4H3,(H,24,29)(H,26,28)(H,27,30)/b25-13-. The molecule has 0 atom stereocenters. The Morgan fingerprint density at radius 3 is 2.50 bits per heavy atom. The lowest BCUT2D eigenvalue weighted by atomic mass is 10.1. The molecule has 0 aliphatic carbocycles. The third kappa shape index (κ3) is 7.42. The minimum Gasteiger partial charge on any atom is -0.493 e. The van der Waals surface area contributed by atoms with Gasteiger partial charge in [0, 0.05) is 12.2 Å². The number of methoxy groups -OCH3 is 1. The second kappa shape index (κ2) is 12.1. The summed E-state index contributed by atoms with van der Waals surface area (Å²) in [4.78, 5) is 35.4. The first-order valence-electron chi connectivity index (χ1n) is 10.1. The monoisotopic (exact) mass is 440 g/mol. The van der Waals surface area contributed by atoms with Crippen LogP contribution in [0.4, 0.5) is 5.69 Å². The molecule has 0 fully saturated rings. The van der Waals surface area contributed by atoms with Crippen LogP contribution in [0, 0.1) is 13.8 Å². The molecule has 2 aromatic rings. The number of nitrogens with one attached hydrogen (secondary N) is 3. The van der Waals surface area contributed by atoms with Crippen LogP contribution in [-0.2, 0) is 14.4 Å². The van der Waals surface area contributed by atoms with Crippen molar-refractivity contribution in [3.8, 4) is 11.5 Å². The van der Waals surface area contributed by atoms with Crippen molar-refractivity contribution in [2.24, 2.45) is 5.10 Å². The summed E-state index contributed by atoms with van der Waals surface area (Å²) in [6.07, 6.45) is 2.09. The van der Waals surface area contributed by atoms with E-state index in [9.17, 15) is 14.4 Å². The second-order valence-electron chi connectivity index (χ2n) is 7.02. The highest BCUT2D eigenvalue weighted by atomic mass is 16.5. The van der Waals surface area contributed by atoms with E-state index in [4.69, 9.17) is 9.47 Å². The van der Waals surface area contributed by atoms with Crippen molar-refractivity contribution < 1.29 is 23.9 Å². The molecule has 0 spiro atoms. The molecule has 0 aliphatic heterocycles. The molecule has 32 heavy (non-hydrogen) atoms. The Bertz CT molecular complexity index is 1000. The van der Waals surface area contributed by atoms with Gasteiger partial charge < -0.3 is 20.1 Å². The van der Waals surface area contributed by atoms with E-state index in [0.29, 0.717) is 23.6 Å². The minimum atomic E-state index is -0.851. The highest BCUT2D eigenvalue weighted by molar-refractivity contribution is 6.35. The molecule has 0 heterocycles. The van der Waals surface area contributed by atoms with Gasteiger partial charge in [-0.25, -0.2) is 5.43 Å². The molecule has 9 heteroatoms. The molecule has 0 radical (unpaired) electrons. The summed E-state index contributed by atoms with van der Waals surface area (Å²) >= 11 is 0. The van der Waals surface area contributed by atoms with E-state index in [1.54, 1.807) is 18.2 Å². The van der Waals surface area contributed by atoms with E-state index >= 15 is 0 Å². The van der Waals surface area contributed by atoms with Crippen molar-refractivity contribution in [1.29, 1.82) is 0 Å². The van der Waals surface area contributed by atoms with E-state index < -0.39 is 11.8 Å². The fourth-order valence-electron chi connectivity index (χ4n) is 2.70. The number of aryl methyl sites for hydroxylation is 2. The smallest absolute Gasteiger partial charge is 0.329 e. The van der Waals surface area contributed by atoms with Gasteiger partial charge in [0.1, 0.15) is 0 Å². The van der Waals surface area contributed by atoms with Crippen molar-refractivity contribution in [3.05, 3.63) is 53.1 Å². The van der Waals surface area contributed by atoms with Crippen molar-refractivity contribution in [1.82, 2.24) is 10.7 Å². The molecule has 170 valence electrons. The van der Waals surface area contributed by atoms with Crippen LogP contribution in [0.15, 0.2) is 41.5 Å². The van der Waals surface area contributed by atoms with Gasteiger partial charge in [-0.05, 0) is 55.7 Å². The Morgan fingerprint density at radius 2 is 1.81 bits per heavy atom. The summed E-state index contributed by atoms with van der Waals surface area (Å²) in [5.41, 5.74) is 5.57. The van der Waals surface area contributed by atoms with E-state index in [0.717, 1.165) is 23.2 Å². The van der Waals surface area contributed by atoms with Crippen LogP contribution in [-0.4, -0.2) is 44.2 Å². The molecule has 2 rings (SSSR count). The first-order valence-corrected chi connectivity index (χ1v) is 10.1. The molecule has 0 unspecified atom stereocenters. The zero-order valence-electron chi connectivity index (χ0n) is 18.7. The van der Waals surface area contributed by atoms with Crippen molar-refractivity contribution in [2.75, 3.05) is 25.6 Å². The zero-order chi connectivity index (χ0) is 23.5. The van der Waals surface area contributed by atoms with Gasteiger partial charge in [-0.3, -0.25) is 14.4 Å². The number of carbonyl (C=O) groups is 3. The molecular formula is C23H28N4O5. The molecule has 3 amide bonds. The van der Waals surface area contributed by atoms with Crippen LogP contribution < -0.4 is 25.5 Å². The summed E-state index contributed by atoms with van der Waals surface area (Å²) in [6, 6.07) is 10.7. The number of anilines is 1. The van der Waals surface area contributed by atoms with E-state index in [2.05, 4.69) is 21.2 Å². The van der Waals surface area contributed by atoms with Gasteiger partial charge in [0.2, 0.25) is 0 Å². The van der Waals surface area contributed by atoms with Gasteiger partial charge in [0.15, 0.2) is 18.1 Å². The average molecular weight is 441 g/mol. The molecule has 9 nitrogen and oxygen atoms in total. The van der Waals surface area contributed by atoms with Crippen molar-refractivity contribution in [2.45, 2.75) is 27.2 Å². The maximum absolute atomic E-state index is 12.2. The van der Waals surface area contributed by atoms with E-state index in [1.165, 1.54) is 13.3 Å². The molecule has 2 aromatic carbocycles. The quantitative estimate of drug-likeness (QED) is 0.314. The summed E-state index contributed by atoms with van der Waals surface area (Å²) in [6.45, 7) is 6.01. The van der Waals surface area contributed by atoms with E-state index in [-0.39, 0.29) is 12.5 Å². The normalized spacial score (nSPS) is 10.5. The number of nitrogens with zero attached hydrogens (tertiary/aromatic N) is 1. The number of hydrogen-bond acceptors (Lipinski definition) is 6. The number of rotatable bonds is 9. The SMILES string of the molecule is CCCNC(=O)C(=O)N/N=C\c1ccc(OCC(=O)Nc2ccc(C)cc2C)c(OC)c1. The molecule has 0 saturated carbocycles. The highest BCUT2D eigenvalue weighted by Crippen LogP contribution is 2.27. The Balaban J connectivity index is 1.93. The average Bonchev–Trinajstić information content (AvgIpc) is 2.78. The Labute approximate surface area is 187 Å². The fourth-order valence-corrected chi connectivity index (χ4v) is 2.70. The predicted molar refractivity (Wildman–Crippen MR) is 122 cm³/mol. The highest BCUT2D eigenvalue weighted by Gasteiger charge is 2.12. The molecule has 0 bridgehead atoms. The molecular weight excluding hydrogens is 412 g/mol. The minimum absolute atomic E-state index is 0.194. The summed E-state index contributed by atoms with van der Waals surface area (Å²) in [5.74, 6) is -1.13. The third-order valence-corrected chi connectivity index (χ3v) is 4.32. The van der Waals surface area contributed by atoms with Crippen LogP contribution >= 0.6 is 0 Å². The summed E-state index contributed by atoms with van der Waals surface area (Å²) in [7, 11) is 1.47. The first-order chi connectivity index (χ1) is 15.3. The van der Waals surface area contributed by atoms with Gasteiger partial charge in [0.25, 0.3) is 5.91 Å². The van der Waals surface area contributed by atoms with Gasteiger partial charge >= 0.3 is 11.8 Å². The van der Waals surface area contributed by atoms with E-state index in [1.807, 2.05) is 39.0 Å². The van der Waals surface area contributed by atoms with Crippen molar-refractivity contribution in [3.63, 3.8) is 0 Å². The van der Waals surface area contributed by atoms with Gasteiger partial charge in [-0.1, -0.05) is 24.6 Å². The van der Waals surface area contributed by atoms with Crippen LogP contribution in [0.3, 0.4) is 0 Å². The molecule has 3 N–H and O–H groups in total. The number of ether oxygens (including phenoxy) is 2. The predicted octanol–water partition coefficient (Wildman–Crippen LogP) is 2.31. The summed E-state index contributed by atoms with van der Waals surface area (Å²) in [5, 5.41) is 9.04. The first kappa shape index (κ1) is 24.4. The molecule has 0 aromatic heterocycles. The summed E-state index contributed by atoms with van der Waals surface area (Å²) < 4.78 is 10.9. The lowest BCUT2D eigenvalue weighted by Crippen LogP contribution is -2.38. The number of benzene rings is 2. The Hall–Kier alpha value is -3.88. The fraction of sp³-hybridized carbons (Fsp3) is 0.304. The number of hydrazone groups is 1. The van der Waals surface area contributed by atoms with Gasteiger partial charge in [-0.15, -0.1) is 0 Å². The number of hydrogen-bond donors (Lipinski definition) is 3. The van der Waals surface area contributed by atoms with Gasteiger partial charge in [-0.2, -0.15) is 5.10 Å². The van der Waals surface area contributed by atoms with Gasteiger partial charge in [0.05, 0.1) is 13.3 Å². The lowest BCUT2D eigenvalue weighted by molar-refractivity contribution is -0.139. The van der Waals surface area contributed by atoms with Crippen molar-refractivity contribution >= 4 is 29.6 Å².